The summed E-state index contributed by atoms with van der Waals surface area (Å²) in [4.78, 5) is 33.1. The number of aryl methyl sites for hydroxylation is 1. The minimum Gasteiger partial charge on any atom is -0.368 e. The third kappa shape index (κ3) is 6.15. The summed E-state index contributed by atoms with van der Waals surface area (Å²) >= 11 is 3.01. The summed E-state index contributed by atoms with van der Waals surface area (Å²) < 4.78 is 0.886. The lowest BCUT2D eigenvalue weighted by Crippen LogP contribution is -2.48. The van der Waals surface area contributed by atoms with E-state index in [1.807, 2.05) is 41.5 Å². The van der Waals surface area contributed by atoms with Crippen molar-refractivity contribution in [3.8, 4) is 11.3 Å². The number of piperazine rings is 1. The van der Waals surface area contributed by atoms with Gasteiger partial charge in [0.1, 0.15) is 0 Å². The molecule has 1 saturated heterocycles. The van der Waals surface area contributed by atoms with Gasteiger partial charge in [-0.2, -0.15) is 0 Å². The second-order valence-corrected chi connectivity index (χ2v) is 10.1. The summed E-state index contributed by atoms with van der Waals surface area (Å²) in [6, 6.07) is 16.2. The number of hydrogen-bond acceptors (Lipinski definition) is 6. The monoisotopic (exact) mass is 480 g/mol. The fourth-order valence-corrected chi connectivity index (χ4v) is 5.33. The molecule has 2 amide bonds. The van der Waals surface area contributed by atoms with Gasteiger partial charge in [0.2, 0.25) is 11.8 Å². The third-order valence-electron chi connectivity index (χ3n) is 5.61. The molecule has 3 aromatic rings. The number of amides is 2. The fraction of sp³-hybridized carbons (Fsp3) is 0.320. The molecule has 172 valence electrons. The van der Waals surface area contributed by atoms with E-state index in [4.69, 9.17) is 0 Å². The minimum atomic E-state index is -0.0495. The Kier molecular flexibility index (Phi) is 7.67. The standard InChI is InChI=1S/C25H28N4O2S2/c1-3-24(31)29-14-12-28(13-15-29)21-10-8-20(9-11-21)26-23(30)17-33-25-27-22(16-32-25)19-6-4-18(2)5-7-19/h4-11,16H,3,12-15,17H2,1-2H3,(H,26,30). The number of hydrogen-bond donors (Lipinski definition) is 1. The number of aromatic nitrogens is 1. The number of nitrogens with one attached hydrogen (secondary N) is 1. The third-order valence-corrected chi connectivity index (χ3v) is 7.63. The number of thioether (sulfide) groups is 1. The van der Waals surface area contributed by atoms with Gasteiger partial charge in [-0.05, 0) is 31.2 Å². The molecule has 0 spiro atoms. The van der Waals surface area contributed by atoms with E-state index in [1.165, 1.54) is 17.3 Å². The summed E-state index contributed by atoms with van der Waals surface area (Å²) in [5.41, 5.74) is 5.14. The van der Waals surface area contributed by atoms with Crippen LogP contribution in [-0.2, 0) is 9.59 Å². The van der Waals surface area contributed by atoms with E-state index in [-0.39, 0.29) is 11.8 Å². The molecule has 0 unspecified atom stereocenters. The summed E-state index contributed by atoms with van der Waals surface area (Å²) in [6.07, 6.45) is 0.559. The molecule has 0 aliphatic carbocycles. The Bertz CT molecular complexity index is 1090. The van der Waals surface area contributed by atoms with Crippen LogP contribution in [0.5, 0.6) is 0 Å². The van der Waals surface area contributed by atoms with Crippen LogP contribution in [0.15, 0.2) is 58.3 Å². The molecule has 4 rings (SSSR count). The molecule has 33 heavy (non-hydrogen) atoms. The van der Waals surface area contributed by atoms with Gasteiger partial charge in [-0.25, -0.2) is 4.98 Å². The molecular weight excluding hydrogens is 452 g/mol. The van der Waals surface area contributed by atoms with Crippen molar-refractivity contribution >= 4 is 46.3 Å². The van der Waals surface area contributed by atoms with Crippen molar-refractivity contribution < 1.29 is 9.59 Å². The van der Waals surface area contributed by atoms with E-state index in [2.05, 4.69) is 46.4 Å². The van der Waals surface area contributed by atoms with Crippen LogP contribution in [0.4, 0.5) is 11.4 Å². The van der Waals surface area contributed by atoms with E-state index in [0.29, 0.717) is 12.2 Å². The molecule has 0 radical (unpaired) electrons. The average molecular weight is 481 g/mol. The Morgan fingerprint density at radius 1 is 1.03 bits per heavy atom. The molecule has 1 N–H and O–H groups in total. The molecular formula is C25H28N4O2S2. The lowest BCUT2D eigenvalue weighted by atomic mass is 10.1. The SMILES string of the molecule is CCC(=O)N1CCN(c2ccc(NC(=O)CSc3nc(-c4ccc(C)cc4)cs3)cc2)CC1. The zero-order valence-electron chi connectivity index (χ0n) is 18.9. The lowest BCUT2D eigenvalue weighted by molar-refractivity contribution is -0.131. The molecule has 1 fully saturated rings. The van der Waals surface area contributed by atoms with Crippen molar-refractivity contribution in [3.05, 3.63) is 59.5 Å². The van der Waals surface area contributed by atoms with Crippen LogP contribution in [0, 0.1) is 6.92 Å². The number of benzene rings is 2. The molecule has 8 heteroatoms. The Morgan fingerprint density at radius 3 is 2.39 bits per heavy atom. The largest absolute Gasteiger partial charge is 0.368 e. The Hall–Kier alpha value is -2.84. The maximum Gasteiger partial charge on any atom is 0.234 e. The van der Waals surface area contributed by atoms with Gasteiger partial charge in [-0.3, -0.25) is 9.59 Å². The van der Waals surface area contributed by atoms with E-state index in [9.17, 15) is 9.59 Å². The zero-order chi connectivity index (χ0) is 23.2. The van der Waals surface area contributed by atoms with Crippen LogP contribution in [0.3, 0.4) is 0 Å². The maximum atomic E-state index is 12.4. The van der Waals surface area contributed by atoms with Crippen LogP contribution >= 0.6 is 23.1 Å². The molecule has 6 nitrogen and oxygen atoms in total. The minimum absolute atomic E-state index is 0.0495. The van der Waals surface area contributed by atoms with E-state index < -0.39 is 0 Å². The molecule has 0 saturated carbocycles. The molecule has 1 aromatic heterocycles. The number of thiazole rings is 1. The van der Waals surface area contributed by atoms with Crippen molar-refractivity contribution in [2.45, 2.75) is 24.6 Å². The molecule has 1 aliphatic rings. The van der Waals surface area contributed by atoms with Crippen molar-refractivity contribution in [2.24, 2.45) is 0 Å². The smallest absolute Gasteiger partial charge is 0.234 e. The van der Waals surface area contributed by atoms with Crippen LogP contribution in [0.2, 0.25) is 0 Å². The highest BCUT2D eigenvalue weighted by Crippen LogP contribution is 2.28. The van der Waals surface area contributed by atoms with Crippen LogP contribution in [0.25, 0.3) is 11.3 Å². The van der Waals surface area contributed by atoms with Crippen molar-refractivity contribution in [2.75, 3.05) is 42.1 Å². The first-order valence-corrected chi connectivity index (χ1v) is 13.0. The number of carbonyl (C=O) groups excluding carboxylic acids is 2. The van der Waals surface area contributed by atoms with E-state index in [1.54, 1.807) is 11.3 Å². The van der Waals surface area contributed by atoms with Gasteiger partial charge in [-0.15, -0.1) is 11.3 Å². The average Bonchev–Trinajstić information content (AvgIpc) is 3.32. The second kappa shape index (κ2) is 10.9. The fourth-order valence-electron chi connectivity index (χ4n) is 3.70. The number of rotatable bonds is 7. The highest BCUT2D eigenvalue weighted by Gasteiger charge is 2.20. The molecule has 2 aromatic carbocycles. The van der Waals surface area contributed by atoms with Gasteiger partial charge in [0.15, 0.2) is 4.34 Å². The van der Waals surface area contributed by atoms with E-state index in [0.717, 1.165) is 53.2 Å². The van der Waals surface area contributed by atoms with E-state index >= 15 is 0 Å². The first kappa shape index (κ1) is 23.3. The first-order chi connectivity index (χ1) is 16.0. The highest BCUT2D eigenvalue weighted by atomic mass is 32.2. The van der Waals surface area contributed by atoms with Crippen LogP contribution in [0.1, 0.15) is 18.9 Å². The second-order valence-electron chi connectivity index (χ2n) is 7.97. The van der Waals surface area contributed by atoms with Gasteiger partial charge >= 0.3 is 0 Å². The van der Waals surface area contributed by atoms with Gasteiger partial charge < -0.3 is 15.1 Å². The van der Waals surface area contributed by atoms with Crippen molar-refractivity contribution in [1.82, 2.24) is 9.88 Å². The predicted molar refractivity (Wildman–Crippen MR) is 137 cm³/mol. The lowest BCUT2D eigenvalue weighted by Gasteiger charge is -2.36. The predicted octanol–water partition coefficient (Wildman–Crippen LogP) is 4.91. The van der Waals surface area contributed by atoms with Gasteiger partial charge in [0, 0.05) is 54.9 Å². The number of carbonyl (C=O) groups is 2. The number of anilines is 2. The molecule has 0 atom stereocenters. The Morgan fingerprint density at radius 2 is 1.73 bits per heavy atom. The summed E-state index contributed by atoms with van der Waals surface area (Å²) in [7, 11) is 0. The normalized spacial score (nSPS) is 13.8. The van der Waals surface area contributed by atoms with Crippen molar-refractivity contribution in [3.63, 3.8) is 0 Å². The molecule has 1 aliphatic heterocycles. The Labute approximate surface area is 203 Å². The zero-order valence-corrected chi connectivity index (χ0v) is 20.5. The van der Waals surface area contributed by atoms with Crippen molar-refractivity contribution in [1.29, 1.82) is 0 Å². The molecule has 0 bridgehead atoms. The van der Waals surface area contributed by atoms with Gasteiger partial charge in [0.05, 0.1) is 11.4 Å². The summed E-state index contributed by atoms with van der Waals surface area (Å²) in [6.45, 7) is 7.13. The van der Waals surface area contributed by atoms with Gasteiger partial charge in [0.25, 0.3) is 0 Å². The Balaban J connectivity index is 1.25. The first-order valence-electron chi connectivity index (χ1n) is 11.1. The summed E-state index contributed by atoms with van der Waals surface area (Å²) in [5.74, 6) is 0.483. The highest BCUT2D eigenvalue weighted by molar-refractivity contribution is 8.01. The molecule has 2 heterocycles. The quantitative estimate of drug-likeness (QED) is 0.487. The number of nitrogens with zero attached hydrogens (tertiary/aromatic N) is 3. The summed E-state index contributed by atoms with van der Waals surface area (Å²) in [5, 5.41) is 4.99. The maximum absolute atomic E-state index is 12.4. The topological polar surface area (TPSA) is 65.5 Å². The van der Waals surface area contributed by atoms with Gasteiger partial charge in [-0.1, -0.05) is 48.5 Å². The van der Waals surface area contributed by atoms with Crippen LogP contribution in [-0.4, -0.2) is 53.6 Å². The van der Waals surface area contributed by atoms with Crippen LogP contribution < -0.4 is 10.2 Å².